The highest BCUT2D eigenvalue weighted by molar-refractivity contribution is 6.02. The number of Topliss-reactive ketones (excluding diaryl/α,β-unsaturated/α-hetero) is 1. The van der Waals surface area contributed by atoms with Gasteiger partial charge in [-0.2, -0.15) is 5.26 Å². The Morgan fingerprint density at radius 3 is 2.85 bits per heavy atom. The van der Waals surface area contributed by atoms with Crippen LogP contribution in [-0.2, 0) is 9.59 Å². The number of carbonyl (C=O) groups excluding carboxylic acids is 3. The molecule has 3 fully saturated rings. The number of piperidine rings is 1. The Balaban J connectivity index is 1.37. The van der Waals surface area contributed by atoms with E-state index in [2.05, 4.69) is 30.2 Å². The molecule has 1 aromatic heterocycles. The summed E-state index contributed by atoms with van der Waals surface area (Å²) in [6, 6.07) is 8.11. The fourth-order valence-corrected chi connectivity index (χ4v) is 6.19. The maximum absolute atomic E-state index is 13.5. The van der Waals surface area contributed by atoms with Gasteiger partial charge in [0.2, 0.25) is 5.91 Å². The Morgan fingerprint density at radius 1 is 1.38 bits per heavy atom. The van der Waals surface area contributed by atoms with Gasteiger partial charge in [-0.3, -0.25) is 14.4 Å². The van der Waals surface area contributed by atoms with E-state index in [1.165, 1.54) is 0 Å². The fourth-order valence-electron chi connectivity index (χ4n) is 6.19. The number of aromatic nitrogens is 1. The number of ketones is 1. The van der Waals surface area contributed by atoms with Gasteiger partial charge in [-0.25, -0.2) is 0 Å². The SMILES string of the molecule is COc1cccc2[nH]c(C(=O)N3CC4C(C3C(=O)NC(C#N)CC3CCCC3=O)C4(C)C)cc12. The highest BCUT2D eigenvalue weighted by Gasteiger charge is 2.69. The van der Waals surface area contributed by atoms with Crippen LogP contribution >= 0.6 is 0 Å². The number of nitriles is 1. The van der Waals surface area contributed by atoms with E-state index in [0.29, 0.717) is 30.8 Å². The molecule has 1 aromatic carbocycles. The molecule has 2 heterocycles. The van der Waals surface area contributed by atoms with Crippen molar-refractivity contribution < 1.29 is 19.1 Å². The normalized spacial score (nSPS) is 27.8. The molecule has 2 aliphatic carbocycles. The summed E-state index contributed by atoms with van der Waals surface area (Å²) >= 11 is 0. The Bertz CT molecular complexity index is 1210. The number of rotatable bonds is 6. The van der Waals surface area contributed by atoms with Gasteiger partial charge in [0, 0.05) is 29.8 Å². The minimum Gasteiger partial charge on any atom is -0.496 e. The molecule has 3 aliphatic rings. The number of nitrogens with zero attached hydrogens (tertiary/aromatic N) is 2. The molecule has 2 aromatic rings. The minimum atomic E-state index is -0.741. The second-order valence-corrected chi connectivity index (χ2v) is 10.4. The first-order valence-corrected chi connectivity index (χ1v) is 12.0. The number of H-pyrrole nitrogens is 1. The van der Waals surface area contributed by atoms with Crippen LogP contribution in [0.25, 0.3) is 10.9 Å². The largest absolute Gasteiger partial charge is 0.496 e. The number of benzene rings is 1. The number of aromatic amines is 1. The third-order valence-corrected chi connectivity index (χ3v) is 8.24. The number of ether oxygens (including phenoxy) is 1. The van der Waals surface area contributed by atoms with E-state index in [1.54, 1.807) is 18.1 Å². The van der Waals surface area contributed by atoms with Crippen molar-refractivity contribution in [1.82, 2.24) is 15.2 Å². The Morgan fingerprint density at radius 2 is 2.18 bits per heavy atom. The van der Waals surface area contributed by atoms with Crippen molar-refractivity contribution in [2.24, 2.45) is 23.2 Å². The van der Waals surface area contributed by atoms with Crippen LogP contribution in [0.15, 0.2) is 24.3 Å². The predicted octanol–water partition coefficient (Wildman–Crippen LogP) is 3.04. The van der Waals surface area contributed by atoms with Gasteiger partial charge >= 0.3 is 0 Å². The van der Waals surface area contributed by atoms with Gasteiger partial charge in [-0.1, -0.05) is 19.9 Å². The first kappa shape index (κ1) is 22.5. The summed E-state index contributed by atoms with van der Waals surface area (Å²) < 4.78 is 5.41. The van der Waals surface area contributed by atoms with Crippen LogP contribution in [0.1, 0.15) is 50.0 Å². The summed E-state index contributed by atoms with van der Waals surface area (Å²) in [7, 11) is 1.59. The molecule has 178 valence electrons. The second-order valence-electron chi connectivity index (χ2n) is 10.4. The van der Waals surface area contributed by atoms with Crippen molar-refractivity contribution in [2.75, 3.05) is 13.7 Å². The third-order valence-electron chi connectivity index (χ3n) is 8.24. The standard InChI is InChI=1S/C26H30N4O4/c1-26(2)17-13-30(25(33)19-11-16-18(29-19)7-5-9-21(16)34-3)23(22(17)26)24(32)28-15(12-27)10-14-6-4-8-20(14)31/h5,7,9,11,14-15,17,22-23,29H,4,6,8,10,13H2,1-3H3,(H,28,32). The van der Waals surface area contributed by atoms with Crippen LogP contribution in [0.5, 0.6) is 5.75 Å². The van der Waals surface area contributed by atoms with Crippen LogP contribution in [0.2, 0.25) is 0 Å². The van der Waals surface area contributed by atoms with Crippen LogP contribution in [0.3, 0.4) is 0 Å². The lowest BCUT2D eigenvalue weighted by Gasteiger charge is -2.30. The molecule has 0 bridgehead atoms. The fraction of sp³-hybridized carbons (Fsp3) is 0.538. The number of fused-ring (bicyclic) bond motifs is 2. The lowest BCUT2D eigenvalue weighted by atomic mass is 9.96. The summed E-state index contributed by atoms with van der Waals surface area (Å²) in [4.78, 5) is 43.8. The van der Waals surface area contributed by atoms with E-state index in [-0.39, 0.29) is 40.8 Å². The molecular weight excluding hydrogens is 432 g/mol. The summed E-state index contributed by atoms with van der Waals surface area (Å²) in [6.07, 6.45) is 2.49. The van der Waals surface area contributed by atoms with Crippen molar-refractivity contribution >= 4 is 28.5 Å². The van der Waals surface area contributed by atoms with E-state index in [9.17, 15) is 19.6 Å². The van der Waals surface area contributed by atoms with Crippen molar-refractivity contribution in [2.45, 2.75) is 51.6 Å². The zero-order chi connectivity index (χ0) is 24.2. The van der Waals surface area contributed by atoms with Crippen LogP contribution < -0.4 is 10.1 Å². The molecule has 5 rings (SSSR count). The van der Waals surface area contributed by atoms with Gasteiger partial charge in [0.05, 0.1) is 13.2 Å². The van der Waals surface area contributed by atoms with Gasteiger partial charge in [0.1, 0.15) is 29.3 Å². The van der Waals surface area contributed by atoms with E-state index in [1.807, 2.05) is 18.2 Å². The van der Waals surface area contributed by atoms with Crippen molar-refractivity contribution in [1.29, 1.82) is 5.26 Å². The average molecular weight is 463 g/mol. The maximum atomic E-state index is 13.5. The lowest BCUT2D eigenvalue weighted by Crippen LogP contribution is -2.52. The van der Waals surface area contributed by atoms with Crippen LogP contribution in [-0.4, -0.2) is 53.2 Å². The number of likely N-dealkylation sites (tertiary alicyclic amines) is 1. The molecule has 1 saturated heterocycles. The summed E-state index contributed by atoms with van der Waals surface area (Å²) in [6.45, 7) is 4.74. The molecule has 8 heteroatoms. The number of methoxy groups -OCH3 is 1. The average Bonchev–Trinajstić information content (AvgIpc) is 3.33. The highest BCUT2D eigenvalue weighted by atomic mass is 16.5. The zero-order valence-electron chi connectivity index (χ0n) is 19.8. The summed E-state index contributed by atoms with van der Waals surface area (Å²) in [5.74, 6) is 0.414. The van der Waals surface area contributed by atoms with E-state index >= 15 is 0 Å². The first-order valence-electron chi connectivity index (χ1n) is 12.0. The van der Waals surface area contributed by atoms with Crippen LogP contribution in [0.4, 0.5) is 0 Å². The van der Waals surface area contributed by atoms with Gasteiger partial charge in [0.15, 0.2) is 0 Å². The number of nitrogens with one attached hydrogen (secondary N) is 2. The number of hydrogen-bond acceptors (Lipinski definition) is 5. The van der Waals surface area contributed by atoms with Gasteiger partial charge in [-0.05, 0) is 54.7 Å². The molecule has 5 unspecified atom stereocenters. The molecule has 2 saturated carbocycles. The molecule has 0 spiro atoms. The number of amides is 2. The highest BCUT2D eigenvalue weighted by Crippen LogP contribution is 2.65. The van der Waals surface area contributed by atoms with E-state index < -0.39 is 12.1 Å². The molecule has 34 heavy (non-hydrogen) atoms. The molecular formula is C26H30N4O4. The smallest absolute Gasteiger partial charge is 0.271 e. The molecule has 2 N–H and O–H groups in total. The molecule has 1 aliphatic heterocycles. The van der Waals surface area contributed by atoms with Crippen LogP contribution in [0, 0.1) is 34.5 Å². The number of carbonyl (C=O) groups is 3. The summed E-state index contributed by atoms with van der Waals surface area (Å²) in [5.41, 5.74) is 1.16. The predicted molar refractivity (Wildman–Crippen MR) is 125 cm³/mol. The Hall–Kier alpha value is -3.34. The quantitative estimate of drug-likeness (QED) is 0.685. The van der Waals surface area contributed by atoms with E-state index in [4.69, 9.17) is 4.74 Å². The molecule has 5 atom stereocenters. The lowest BCUT2D eigenvalue weighted by molar-refractivity contribution is -0.127. The molecule has 0 radical (unpaired) electrons. The summed E-state index contributed by atoms with van der Waals surface area (Å²) in [5, 5.41) is 13.3. The van der Waals surface area contributed by atoms with Crippen molar-refractivity contribution in [3.63, 3.8) is 0 Å². The third kappa shape index (κ3) is 3.54. The second kappa shape index (κ2) is 8.15. The number of hydrogen-bond donors (Lipinski definition) is 2. The van der Waals surface area contributed by atoms with Gasteiger partial charge in [-0.15, -0.1) is 0 Å². The zero-order valence-corrected chi connectivity index (χ0v) is 19.8. The Kier molecular flexibility index (Phi) is 5.38. The minimum absolute atomic E-state index is 0.0357. The van der Waals surface area contributed by atoms with Gasteiger partial charge < -0.3 is 19.9 Å². The molecule has 8 nitrogen and oxygen atoms in total. The topological polar surface area (TPSA) is 115 Å². The van der Waals surface area contributed by atoms with Crippen molar-refractivity contribution in [3.8, 4) is 11.8 Å². The van der Waals surface area contributed by atoms with E-state index in [0.717, 1.165) is 23.7 Å². The first-order chi connectivity index (χ1) is 16.3. The Labute approximate surface area is 198 Å². The van der Waals surface area contributed by atoms with Crippen molar-refractivity contribution in [3.05, 3.63) is 30.0 Å². The molecule has 2 amide bonds. The monoisotopic (exact) mass is 462 g/mol. The van der Waals surface area contributed by atoms with Gasteiger partial charge in [0.25, 0.3) is 5.91 Å². The maximum Gasteiger partial charge on any atom is 0.271 e.